The quantitative estimate of drug-likeness (QED) is 0.668. The maximum atomic E-state index is 13.3. The van der Waals surface area contributed by atoms with Crippen molar-refractivity contribution in [2.75, 3.05) is 26.3 Å². The van der Waals surface area contributed by atoms with Crippen LogP contribution in [0.2, 0.25) is 0 Å². The van der Waals surface area contributed by atoms with Gasteiger partial charge in [-0.05, 0) is 36.6 Å². The summed E-state index contributed by atoms with van der Waals surface area (Å²) in [6.07, 6.45) is 5.85. The first-order valence-electron chi connectivity index (χ1n) is 9.60. The normalized spacial score (nSPS) is 15.1. The van der Waals surface area contributed by atoms with Crippen molar-refractivity contribution >= 4 is 39.1 Å². The largest absolute Gasteiger partial charge is 0.378 e. The molecule has 0 spiro atoms. The van der Waals surface area contributed by atoms with Crippen LogP contribution in [-0.4, -0.2) is 52.1 Å². The van der Waals surface area contributed by atoms with Gasteiger partial charge in [0.2, 0.25) is 0 Å². The van der Waals surface area contributed by atoms with Gasteiger partial charge in [0.25, 0.3) is 11.5 Å². The fourth-order valence-corrected chi connectivity index (χ4v) is 4.64. The third-order valence-electron chi connectivity index (χ3n) is 5.00. The molecule has 1 aliphatic rings. The van der Waals surface area contributed by atoms with Gasteiger partial charge in [-0.15, -0.1) is 11.3 Å². The van der Waals surface area contributed by atoms with Gasteiger partial charge < -0.3 is 14.6 Å². The summed E-state index contributed by atoms with van der Waals surface area (Å²) in [7, 11) is 0. The molecule has 1 saturated heterocycles. The van der Waals surface area contributed by atoms with E-state index < -0.39 is 0 Å². The lowest BCUT2D eigenvalue weighted by Gasteiger charge is -2.27. The Labute approximate surface area is 172 Å². The number of carbonyl (C=O) groups is 1. The highest BCUT2D eigenvalue weighted by Gasteiger charge is 2.25. The third-order valence-corrected chi connectivity index (χ3v) is 6.04. The number of thiophene rings is 1. The zero-order valence-corrected chi connectivity index (χ0v) is 17.2. The van der Waals surface area contributed by atoms with Gasteiger partial charge in [0.05, 0.1) is 24.2 Å². The minimum absolute atomic E-state index is 0.177. The number of rotatable bonds is 4. The highest BCUT2D eigenvalue weighted by atomic mass is 32.1. The Bertz CT molecular complexity index is 1130. The lowest BCUT2D eigenvalue weighted by molar-refractivity contribution is -0.128. The predicted molar refractivity (Wildman–Crippen MR) is 114 cm³/mol. The van der Waals surface area contributed by atoms with E-state index in [4.69, 9.17) is 4.74 Å². The Morgan fingerprint density at radius 3 is 2.86 bits per heavy atom. The minimum atomic E-state index is -0.210. The van der Waals surface area contributed by atoms with Gasteiger partial charge in [-0.1, -0.05) is 13.0 Å². The smallest absolute Gasteiger partial charge is 0.260 e. The van der Waals surface area contributed by atoms with Crippen molar-refractivity contribution in [2.45, 2.75) is 20.3 Å². The summed E-state index contributed by atoms with van der Waals surface area (Å²) in [6.45, 7) is 6.03. The van der Waals surface area contributed by atoms with Crippen LogP contribution in [0, 0.1) is 6.92 Å². The fraction of sp³-hybridized carbons (Fsp3) is 0.333. The van der Waals surface area contributed by atoms with Crippen LogP contribution >= 0.6 is 11.3 Å². The van der Waals surface area contributed by atoms with Crippen molar-refractivity contribution in [3.8, 4) is 0 Å². The molecule has 1 amide bonds. The number of H-pyrrole nitrogens is 1. The second-order valence-electron chi connectivity index (χ2n) is 6.83. The number of hydrogen-bond donors (Lipinski definition) is 1. The molecule has 4 heterocycles. The molecule has 3 aromatic rings. The van der Waals surface area contributed by atoms with E-state index in [-0.39, 0.29) is 17.3 Å². The molecular weight excluding hydrogens is 388 g/mol. The van der Waals surface area contributed by atoms with Crippen LogP contribution in [0.3, 0.4) is 0 Å². The monoisotopic (exact) mass is 410 g/mol. The van der Waals surface area contributed by atoms with E-state index in [0.717, 1.165) is 22.4 Å². The summed E-state index contributed by atoms with van der Waals surface area (Å²) in [5, 5.41) is 0.623. The SMILES string of the molecule is CCc1c(C)sc2nc(/C(=C\c3cccnc3)C(=O)N3CCOCC3)[nH]c(=O)c12. The number of aromatic amines is 1. The van der Waals surface area contributed by atoms with Crippen LogP contribution in [0.5, 0.6) is 0 Å². The van der Waals surface area contributed by atoms with Crippen molar-refractivity contribution < 1.29 is 9.53 Å². The number of ether oxygens (including phenoxy) is 1. The van der Waals surface area contributed by atoms with Gasteiger partial charge in [0.1, 0.15) is 10.7 Å². The van der Waals surface area contributed by atoms with Crippen molar-refractivity contribution in [2.24, 2.45) is 0 Å². The lowest BCUT2D eigenvalue weighted by atomic mass is 10.1. The second kappa shape index (κ2) is 8.26. The average molecular weight is 410 g/mol. The Hall–Kier alpha value is -2.84. The number of nitrogens with zero attached hydrogens (tertiary/aromatic N) is 3. The van der Waals surface area contributed by atoms with Gasteiger partial charge in [-0.3, -0.25) is 14.6 Å². The summed E-state index contributed by atoms with van der Waals surface area (Å²) in [4.78, 5) is 41.3. The second-order valence-corrected chi connectivity index (χ2v) is 8.04. The molecule has 3 aromatic heterocycles. The molecular formula is C21H22N4O3S. The molecule has 7 nitrogen and oxygen atoms in total. The van der Waals surface area contributed by atoms with Crippen LogP contribution < -0.4 is 5.56 Å². The third kappa shape index (κ3) is 3.86. The number of pyridine rings is 1. The van der Waals surface area contributed by atoms with E-state index in [0.29, 0.717) is 42.1 Å². The van der Waals surface area contributed by atoms with Gasteiger partial charge in [0.15, 0.2) is 0 Å². The van der Waals surface area contributed by atoms with Gasteiger partial charge >= 0.3 is 0 Å². The molecule has 1 N–H and O–H groups in total. The van der Waals surface area contributed by atoms with Crippen molar-refractivity contribution in [3.63, 3.8) is 0 Å². The van der Waals surface area contributed by atoms with Gasteiger partial charge in [-0.2, -0.15) is 0 Å². The molecule has 29 heavy (non-hydrogen) atoms. The number of carbonyl (C=O) groups excluding carboxylic acids is 1. The predicted octanol–water partition coefficient (Wildman–Crippen LogP) is 2.65. The zero-order valence-electron chi connectivity index (χ0n) is 16.4. The highest BCUT2D eigenvalue weighted by Crippen LogP contribution is 2.28. The summed E-state index contributed by atoms with van der Waals surface area (Å²) < 4.78 is 5.36. The zero-order chi connectivity index (χ0) is 20.4. The summed E-state index contributed by atoms with van der Waals surface area (Å²) in [5.74, 6) is 0.107. The van der Waals surface area contributed by atoms with Crippen LogP contribution in [0.4, 0.5) is 0 Å². The first-order valence-corrected chi connectivity index (χ1v) is 10.4. The molecule has 0 unspecified atom stereocenters. The molecule has 0 aliphatic carbocycles. The first-order chi connectivity index (χ1) is 14.1. The molecule has 150 valence electrons. The van der Waals surface area contributed by atoms with E-state index in [1.807, 2.05) is 19.9 Å². The Morgan fingerprint density at radius 2 is 2.17 bits per heavy atom. The molecule has 8 heteroatoms. The fourth-order valence-electron chi connectivity index (χ4n) is 3.52. The Kier molecular flexibility index (Phi) is 5.55. The van der Waals surface area contributed by atoms with E-state index in [2.05, 4.69) is 15.0 Å². The minimum Gasteiger partial charge on any atom is -0.378 e. The van der Waals surface area contributed by atoms with Crippen LogP contribution in [-0.2, 0) is 16.0 Å². The molecule has 0 aromatic carbocycles. The van der Waals surface area contributed by atoms with Crippen molar-refractivity contribution in [3.05, 3.63) is 56.7 Å². The first kappa shape index (κ1) is 19.5. The molecule has 0 atom stereocenters. The molecule has 0 bridgehead atoms. The van der Waals surface area contributed by atoms with Crippen LogP contribution in [0.1, 0.15) is 28.8 Å². The Balaban J connectivity index is 1.86. The van der Waals surface area contributed by atoms with E-state index in [1.54, 1.807) is 29.4 Å². The number of morpholine rings is 1. The molecule has 0 radical (unpaired) electrons. The number of aryl methyl sites for hydroxylation is 2. The van der Waals surface area contributed by atoms with Gasteiger partial charge in [-0.25, -0.2) is 4.98 Å². The number of nitrogens with one attached hydrogen (secondary N) is 1. The van der Waals surface area contributed by atoms with Crippen LogP contribution in [0.15, 0.2) is 29.3 Å². The molecule has 0 saturated carbocycles. The van der Waals surface area contributed by atoms with E-state index in [9.17, 15) is 9.59 Å². The lowest BCUT2D eigenvalue weighted by Crippen LogP contribution is -2.41. The van der Waals surface area contributed by atoms with Gasteiger partial charge in [0, 0.05) is 30.4 Å². The number of amides is 1. The van der Waals surface area contributed by atoms with Crippen molar-refractivity contribution in [1.29, 1.82) is 0 Å². The topological polar surface area (TPSA) is 88.2 Å². The maximum Gasteiger partial charge on any atom is 0.260 e. The Morgan fingerprint density at radius 1 is 1.38 bits per heavy atom. The summed E-state index contributed by atoms with van der Waals surface area (Å²) in [5.41, 5.74) is 1.92. The molecule has 1 fully saturated rings. The van der Waals surface area contributed by atoms with E-state index in [1.165, 1.54) is 11.3 Å². The highest BCUT2D eigenvalue weighted by molar-refractivity contribution is 7.18. The summed E-state index contributed by atoms with van der Waals surface area (Å²) >= 11 is 1.49. The van der Waals surface area contributed by atoms with E-state index >= 15 is 0 Å². The number of hydrogen-bond acceptors (Lipinski definition) is 6. The number of aromatic nitrogens is 3. The average Bonchev–Trinajstić information content (AvgIpc) is 3.08. The standard InChI is InChI=1S/C21H22N4O3S/c1-3-15-13(2)29-20-17(15)19(26)23-18(24-20)16(11-14-5-4-6-22-12-14)21(27)25-7-9-28-10-8-25/h4-6,11-12H,3,7-10H2,1-2H3,(H,23,24,26)/b16-11+. The van der Waals surface area contributed by atoms with Crippen molar-refractivity contribution in [1.82, 2.24) is 19.9 Å². The maximum absolute atomic E-state index is 13.3. The number of fused-ring (bicyclic) bond motifs is 1. The summed E-state index contributed by atoms with van der Waals surface area (Å²) in [6, 6.07) is 3.67. The molecule has 1 aliphatic heterocycles. The molecule has 4 rings (SSSR count). The van der Waals surface area contributed by atoms with Crippen LogP contribution in [0.25, 0.3) is 21.9 Å².